The Morgan fingerprint density at radius 3 is 2.42 bits per heavy atom. The molecule has 0 fully saturated rings. The van der Waals surface area contributed by atoms with Crippen LogP contribution in [0.2, 0.25) is 0 Å². The number of nitrogens with one attached hydrogen (secondary N) is 1. The average Bonchev–Trinajstić information content (AvgIpc) is 2.39. The molecule has 1 aromatic carbocycles. The van der Waals surface area contributed by atoms with E-state index in [4.69, 9.17) is 5.26 Å². The predicted molar refractivity (Wildman–Crippen MR) is 63.7 cm³/mol. The zero-order chi connectivity index (χ0) is 13.9. The molecular formula is C13H8F3N3. The third-order valence-corrected chi connectivity index (χ3v) is 2.39. The van der Waals surface area contributed by atoms with Crippen LogP contribution in [0.25, 0.3) is 0 Å². The molecule has 0 aliphatic carbocycles. The molecule has 0 atom stereocenters. The van der Waals surface area contributed by atoms with Crippen LogP contribution in [0.15, 0.2) is 42.6 Å². The first-order valence-corrected chi connectivity index (χ1v) is 5.30. The molecule has 2 aromatic rings. The molecule has 0 unspecified atom stereocenters. The smallest absolute Gasteiger partial charge is 0.354 e. The van der Waals surface area contributed by atoms with Gasteiger partial charge >= 0.3 is 6.18 Å². The van der Waals surface area contributed by atoms with Crippen molar-refractivity contribution in [3.05, 3.63) is 53.9 Å². The highest BCUT2D eigenvalue weighted by Gasteiger charge is 2.33. The Bertz CT molecular complexity index is 612. The lowest BCUT2D eigenvalue weighted by Gasteiger charge is -2.14. The summed E-state index contributed by atoms with van der Waals surface area (Å²) in [4.78, 5) is 3.78. The van der Waals surface area contributed by atoms with Crippen molar-refractivity contribution < 1.29 is 13.2 Å². The van der Waals surface area contributed by atoms with Gasteiger partial charge in [0.15, 0.2) is 0 Å². The minimum absolute atomic E-state index is 0.0542. The van der Waals surface area contributed by atoms with E-state index in [0.717, 1.165) is 6.07 Å². The summed E-state index contributed by atoms with van der Waals surface area (Å²) in [6.45, 7) is 0. The number of para-hydroxylation sites is 1. The van der Waals surface area contributed by atoms with E-state index in [9.17, 15) is 13.2 Å². The topological polar surface area (TPSA) is 48.7 Å². The fourth-order valence-corrected chi connectivity index (χ4v) is 1.53. The molecule has 1 aromatic heterocycles. The van der Waals surface area contributed by atoms with Gasteiger partial charge in [0.25, 0.3) is 0 Å². The molecule has 19 heavy (non-hydrogen) atoms. The number of pyridine rings is 1. The first-order chi connectivity index (χ1) is 9.00. The molecule has 96 valence electrons. The van der Waals surface area contributed by atoms with Gasteiger partial charge in [0.2, 0.25) is 0 Å². The maximum Gasteiger partial charge on any atom is 0.418 e. The summed E-state index contributed by atoms with van der Waals surface area (Å²) in [5.74, 6) is 0. The molecular weight excluding hydrogens is 255 g/mol. The zero-order valence-electron chi connectivity index (χ0n) is 9.57. The van der Waals surface area contributed by atoms with E-state index in [0.29, 0.717) is 5.69 Å². The lowest BCUT2D eigenvalue weighted by Crippen LogP contribution is -2.08. The molecule has 6 heteroatoms. The van der Waals surface area contributed by atoms with Gasteiger partial charge in [0.1, 0.15) is 11.8 Å². The molecule has 0 saturated carbocycles. The van der Waals surface area contributed by atoms with Crippen molar-refractivity contribution in [3.8, 4) is 6.07 Å². The highest BCUT2D eigenvalue weighted by Crippen LogP contribution is 2.35. The lowest BCUT2D eigenvalue weighted by atomic mass is 10.1. The van der Waals surface area contributed by atoms with Gasteiger partial charge < -0.3 is 5.32 Å². The van der Waals surface area contributed by atoms with E-state index >= 15 is 0 Å². The van der Waals surface area contributed by atoms with Crippen LogP contribution >= 0.6 is 0 Å². The summed E-state index contributed by atoms with van der Waals surface area (Å²) in [6.07, 6.45) is -3.12. The number of anilines is 2. The van der Waals surface area contributed by atoms with E-state index < -0.39 is 11.7 Å². The van der Waals surface area contributed by atoms with Crippen LogP contribution in [0, 0.1) is 11.3 Å². The zero-order valence-corrected chi connectivity index (χ0v) is 9.57. The second kappa shape index (κ2) is 4.98. The Morgan fingerprint density at radius 2 is 1.84 bits per heavy atom. The molecule has 0 amide bonds. The van der Waals surface area contributed by atoms with E-state index in [1.807, 2.05) is 6.07 Å². The van der Waals surface area contributed by atoms with Crippen molar-refractivity contribution in [3.63, 3.8) is 0 Å². The van der Waals surface area contributed by atoms with E-state index in [2.05, 4.69) is 10.3 Å². The van der Waals surface area contributed by atoms with Gasteiger partial charge in [0, 0.05) is 0 Å². The standard InChI is InChI=1S/C13H8F3N3/c14-13(15,16)11-3-1-2-4-12(11)19-10-6-5-9(7-17)18-8-10/h1-6,8,19H. The number of hydrogen-bond donors (Lipinski definition) is 1. The van der Waals surface area contributed by atoms with Crippen LogP contribution in [0.3, 0.4) is 0 Å². The van der Waals surface area contributed by atoms with Crippen molar-refractivity contribution in [1.29, 1.82) is 5.26 Å². The van der Waals surface area contributed by atoms with Gasteiger partial charge in [-0.1, -0.05) is 12.1 Å². The minimum atomic E-state index is -4.43. The molecule has 0 saturated heterocycles. The number of alkyl halides is 3. The lowest BCUT2D eigenvalue weighted by molar-refractivity contribution is -0.136. The number of aromatic nitrogens is 1. The maximum atomic E-state index is 12.8. The van der Waals surface area contributed by atoms with Gasteiger partial charge in [-0.3, -0.25) is 0 Å². The molecule has 0 spiro atoms. The minimum Gasteiger partial charge on any atom is -0.354 e. The van der Waals surface area contributed by atoms with Crippen molar-refractivity contribution >= 4 is 11.4 Å². The highest BCUT2D eigenvalue weighted by molar-refractivity contribution is 5.63. The summed E-state index contributed by atoms with van der Waals surface area (Å²) in [5, 5.41) is 11.2. The molecule has 1 heterocycles. The Labute approximate surface area is 107 Å². The number of nitrogens with zero attached hydrogens (tertiary/aromatic N) is 2. The van der Waals surface area contributed by atoms with Crippen LogP contribution in [0.1, 0.15) is 11.3 Å². The quantitative estimate of drug-likeness (QED) is 0.898. The van der Waals surface area contributed by atoms with Crippen molar-refractivity contribution in [2.24, 2.45) is 0 Å². The molecule has 1 N–H and O–H groups in total. The number of rotatable bonds is 2. The Balaban J connectivity index is 2.31. The summed E-state index contributed by atoms with van der Waals surface area (Å²) >= 11 is 0. The molecule has 0 radical (unpaired) electrons. The summed E-state index contributed by atoms with van der Waals surface area (Å²) in [5.41, 5.74) is -0.216. The third kappa shape index (κ3) is 3.01. The van der Waals surface area contributed by atoms with Gasteiger partial charge in [-0.2, -0.15) is 18.4 Å². The largest absolute Gasteiger partial charge is 0.418 e. The fourth-order valence-electron chi connectivity index (χ4n) is 1.53. The second-order valence-electron chi connectivity index (χ2n) is 3.71. The molecule has 3 nitrogen and oxygen atoms in total. The van der Waals surface area contributed by atoms with Crippen LogP contribution in [0.5, 0.6) is 0 Å². The Hall–Kier alpha value is -2.55. The van der Waals surface area contributed by atoms with Crippen LogP contribution in [0.4, 0.5) is 24.5 Å². The van der Waals surface area contributed by atoms with Crippen molar-refractivity contribution in [1.82, 2.24) is 4.98 Å². The second-order valence-corrected chi connectivity index (χ2v) is 3.71. The van der Waals surface area contributed by atoms with Gasteiger partial charge in [0.05, 0.1) is 23.1 Å². The normalized spacial score (nSPS) is 10.8. The van der Waals surface area contributed by atoms with Gasteiger partial charge in [-0.05, 0) is 24.3 Å². The van der Waals surface area contributed by atoms with Crippen LogP contribution in [-0.4, -0.2) is 4.98 Å². The maximum absolute atomic E-state index is 12.8. The van der Waals surface area contributed by atoms with Gasteiger partial charge in [-0.25, -0.2) is 4.98 Å². The summed E-state index contributed by atoms with van der Waals surface area (Å²) < 4.78 is 38.3. The third-order valence-electron chi connectivity index (χ3n) is 2.39. The molecule has 0 bridgehead atoms. The van der Waals surface area contributed by atoms with Crippen molar-refractivity contribution in [2.45, 2.75) is 6.18 Å². The van der Waals surface area contributed by atoms with E-state index in [1.165, 1.54) is 36.5 Å². The summed E-state index contributed by atoms with van der Waals surface area (Å²) in [7, 11) is 0. The van der Waals surface area contributed by atoms with Crippen LogP contribution < -0.4 is 5.32 Å². The van der Waals surface area contributed by atoms with E-state index in [-0.39, 0.29) is 11.4 Å². The predicted octanol–water partition coefficient (Wildman–Crippen LogP) is 3.72. The Morgan fingerprint density at radius 1 is 1.11 bits per heavy atom. The monoisotopic (exact) mass is 263 g/mol. The number of benzene rings is 1. The summed E-state index contributed by atoms with van der Waals surface area (Å²) in [6, 6.07) is 9.93. The first kappa shape index (κ1) is 12.9. The van der Waals surface area contributed by atoms with Crippen LogP contribution in [-0.2, 0) is 6.18 Å². The number of halogens is 3. The van der Waals surface area contributed by atoms with Gasteiger partial charge in [-0.15, -0.1) is 0 Å². The number of hydrogen-bond acceptors (Lipinski definition) is 3. The molecule has 2 rings (SSSR count). The van der Waals surface area contributed by atoms with Crippen molar-refractivity contribution in [2.75, 3.05) is 5.32 Å². The highest BCUT2D eigenvalue weighted by atomic mass is 19.4. The Kier molecular flexibility index (Phi) is 3.38. The SMILES string of the molecule is N#Cc1ccc(Nc2ccccc2C(F)(F)F)cn1. The first-order valence-electron chi connectivity index (χ1n) is 5.30. The molecule has 0 aliphatic rings. The number of nitriles is 1. The fraction of sp³-hybridized carbons (Fsp3) is 0.0769. The molecule has 0 aliphatic heterocycles. The average molecular weight is 263 g/mol. The van der Waals surface area contributed by atoms with E-state index in [1.54, 1.807) is 0 Å².